The first kappa shape index (κ1) is 17.3. The smallest absolute Gasteiger partial charge is 0.0311 e. The van der Waals surface area contributed by atoms with E-state index in [0.29, 0.717) is 6.04 Å². The van der Waals surface area contributed by atoms with E-state index in [1.807, 2.05) is 11.8 Å². The van der Waals surface area contributed by atoms with Crippen LogP contribution in [0, 0.1) is 3.57 Å². The highest BCUT2D eigenvalue weighted by atomic mass is 127. The molecular formula is C17H19BrINS. The monoisotopic (exact) mass is 475 g/mol. The average molecular weight is 476 g/mol. The summed E-state index contributed by atoms with van der Waals surface area (Å²) in [5.41, 5.74) is 1.40. The molecule has 0 aliphatic heterocycles. The Bertz CT molecular complexity index is 559. The summed E-state index contributed by atoms with van der Waals surface area (Å²) in [6, 6.07) is 17.7. The van der Waals surface area contributed by atoms with Crippen LogP contribution in [0.3, 0.4) is 0 Å². The number of hydrogen-bond donors (Lipinski definition) is 1. The second-order valence-corrected chi connectivity index (χ2v) is 7.99. The summed E-state index contributed by atoms with van der Waals surface area (Å²) in [5, 5.41) is 3.60. The molecule has 1 N–H and O–H groups in total. The Kier molecular flexibility index (Phi) is 7.57. The van der Waals surface area contributed by atoms with Crippen molar-refractivity contribution in [1.82, 2.24) is 5.32 Å². The lowest BCUT2D eigenvalue weighted by atomic mass is 10.1. The van der Waals surface area contributed by atoms with Gasteiger partial charge in [-0.15, -0.1) is 11.8 Å². The van der Waals surface area contributed by atoms with Gasteiger partial charge in [0.1, 0.15) is 0 Å². The van der Waals surface area contributed by atoms with Gasteiger partial charge in [0.15, 0.2) is 0 Å². The zero-order chi connectivity index (χ0) is 15.1. The Morgan fingerprint density at radius 1 is 1.14 bits per heavy atom. The van der Waals surface area contributed by atoms with Crippen molar-refractivity contribution in [1.29, 1.82) is 0 Å². The number of nitrogens with one attached hydrogen (secondary N) is 1. The minimum Gasteiger partial charge on any atom is -0.313 e. The number of halogens is 2. The van der Waals surface area contributed by atoms with Gasteiger partial charge in [0, 0.05) is 24.7 Å². The molecule has 0 spiro atoms. The van der Waals surface area contributed by atoms with Crippen LogP contribution in [0.2, 0.25) is 0 Å². The van der Waals surface area contributed by atoms with Crippen molar-refractivity contribution in [2.24, 2.45) is 0 Å². The molecule has 0 amide bonds. The normalized spacial score (nSPS) is 12.3. The summed E-state index contributed by atoms with van der Waals surface area (Å²) in [7, 11) is 0. The van der Waals surface area contributed by atoms with E-state index in [9.17, 15) is 0 Å². The number of likely N-dealkylation sites (N-methyl/N-ethyl adjacent to an activating group) is 1. The maximum Gasteiger partial charge on any atom is 0.0311 e. The number of thioether (sulfide) groups is 1. The third-order valence-electron chi connectivity index (χ3n) is 3.16. The Balaban J connectivity index is 1.95. The third-order valence-corrected chi connectivity index (χ3v) is 6.07. The first-order valence-corrected chi connectivity index (χ1v) is 9.90. The molecule has 2 aromatic carbocycles. The van der Waals surface area contributed by atoms with Crippen molar-refractivity contribution >= 4 is 50.3 Å². The average Bonchev–Trinajstić information content (AvgIpc) is 2.49. The topological polar surface area (TPSA) is 12.0 Å². The summed E-state index contributed by atoms with van der Waals surface area (Å²) in [6.45, 7) is 3.18. The molecule has 21 heavy (non-hydrogen) atoms. The molecule has 4 heteroatoms. The van der Waals surface area contributed by atoms with Gasteiger partial charge < -0.3 is 5.32 Å². The highest BCUT2D eigenvalue weighted by Gasteiger charge is 2.10. The minimum atomic E-state index is 0.493. The van der Waals surface area contributed by atoms with E-state index in [1.165, 1.54) is 18.5 Å². The van der Waals surface area contributed by atoms with Gasteiger partial charge in [-0.2, -0.15) is 0 Å². The third kappa shape index (κ3) is 5.93. The second kappa shape index (κ2) is 9.18. The molecule has 1 nitrogen and oxygen atoms in total. The molecule has 1 atom stereocenters. The number of rotatable bonds is 7. The molecule has 0 saturated carbocycles. The molecule has 0 saturated heterocycles. The van der Waals surface area contributed by atoms with Crippen LogP contribution in [0.4, 0.5) is 0 Å². The van der Waals surface area contributed by atoms with Crippen molar-refractivity contribution in [2.45, 2.75) is 24.3 Å². The van der Waals surface area contributed by atoms with Crippen LogP contribution in [-0.2, 0) is 6.42 Å². The van der Waals surface area contributed by atoms with Crippen molar-refractivity contribution in [3.63, 3.8) is 0 Å². The molecule has 2 rings (SSSR count). The van der Waals surface area contributed by atoms with Gasteiger partial charge >= 0.3 is 0 Å². The summed E-state index contributed by atoms with van der Waals surface area (Å²) >= 11 is 7.87. The molecule has 0 aromatic heterocycles. The van der Waals surface area contributed by atoms with E-state index in [2.05, 4.69) is 99.3 Å². The lowest BCUT2D eigenvalue weighted by molar-refractivity contribution is 0.572. The molecule has 0 aliphatic rings. The Morgan fingerprint density at radius 3 is 2.52 bits per heavy atom. The van der Waals surface area contributed by atoms with E-state index < -0.39 is 0 Å². The van der Waals surface area contributed by atoms with Crippen molar-refractivity contribution in [2.75, 3.05) is 12.3 Å². The quantitative estimate of drug-likeness (QED) is 0.427. The summed E-state index contributed by atoms with van der Waals surface area (Å²) < 4.78 is 2.47. The molecule has 0 aliphatic carbocycles. The summed E-state index contributed by atoms with van der Waals surface area (Å²) in [6.07, 6.45) is 1.07. The first-order valence-electron chi connectivity index (χ1n) is 7.04. The van der Waals surface area contributed by atoms with Crippen LogP contribution in [0.5, 0.6) is 0 Å². The van der Waals surface area contributed by atoms with Gasteiger partial charge in [0.05, 0.1) is 0 Å². The molecule has 0 bridgehead atoms. The summed E-state index contributed by atoms with van der Waals surface area (Å²) in [5.74, 6) is 1.07. The fraction of sp³-hybridized carbons (Fsp3) is 0.294. The molecule has 112 valence electrons. The van der Waals surface area contributed by atoms with Crippen LogP contribution >= 0.6 is 50.3 Å². The summed E-state index contributed by atoms with van der Waals surface area (Å²) in [4.78, 5) is 1.31. The van der Waals surface area contributed by atoms with E-state index in [1.54, 1.807) is 0 Å². The van der Waals surface area contributed by atoms with Crippen LogP contribution in [-0.4, -0.2) is 18.3 Å². The lowest BCUT2D eigenvalue weighted by Crippen LogP contribution is -2.33. The van der Waals surface area contributed by atoms with E-state index in [4.69, 9.17) is 0 Å². The zero-order valence-electron chi connectivity index (χ0n) is 12.0. The number of hydrogen-bond acceptors (Lipinski definition) is 2. The Morgan fingerprint density at radius 2 is 1.86 bits per heavy atom. The van der Waals surface area contributed by atoms with Gasteiger partial charge in [-0.3, -0.25) is 0 Å². The van der Waals surface area contributed by atoms with Gasteiger partial charge in [0.2, 0.25) is 0 Å². The highest BCUT2D eigenvalue weighted by molar-refractivity contribution is 14.1. The SMILES string of the molecule is CCNC(CSc1ccccc1Br)Cc1ccc(I)cc1. The molecule has 2 aromatic rings. The molecule has 1 unspecified atom stereocenters. The molecule has 0 radical (unpaired) electrons. The van der Waals surface area contributed by atoms with Crippen molar-refractivity contribution in [3.05, 3.63) is 62.1 Å². The van der Waals surface area contributed by atoms with E-state index in [-0.39, 0.29) is 0 Å². The lowest BCUT2D eigenvalue weighted by Gasteiger charge is -2.18. The van der Waals surface area contributed by atoms with Crippen molar-refractivity contribution < 1.29 is 0 Å². The predicted octanol–water partition coefficient (Wildman–Crippen LogP) is 5.37. The standard InChI is InChI=1S/C17H19BrINS/c1-2-20-15(11-13-7-9-14(19)10-8-13)12-21-17-6-4-3-5-16(17)18/h3-10,15,20H,2,11-12H2,1H3. The van der Waals surface area contributed by atoms with E-state index >= 15 is 0 Å². The van der Waals surface area contributed by atoms with Gasteiger partial charge in [-0.25, -0.2) is 0 Å². The highest BCUT2D eigenvalue weighted by Crippen LogP contribution is 2.27. The zero-order valence-corrected chi connectivity index (χ0v) is 16.5. The molecule has 0 fully saturated rings. The molecule has 0 heterocycles. The second-order valence-electron chi connectivity index (χ2n) is 4.83. The van der Waals surface area contributed by atoms with Crippen LogP contribution in [0.15, 0.2) is 57.9 Å². The Hall–Kier alpha value is -0.0400. The van der Waals surface area contributed by atoms with Gasteiger partial charge in [-0.1, -0.05) is 31.2 Å². The van der Waals surface area contributed by atoms with Crippen LogP contribution in [0.1, 0.15) is 12.5 Å². The fourth-order valence-electron chi connectivity index (χ4n) is 2.14. The first-order chi connectivity index (χ1) is 10.2. The van der Waals surface area contributed by atoms with Crippen LogP contribution < -0.4 is 5.32 Å². The van der Waals surface area contributed by atoms with Crippen LogP contribution in [0.25, 0.3) is 0 Å². The largest absolute Gasteiger partial charge is 0.313 e. The predicted molar refractivity (Wildman–Crippen MR) is 105 cm³/mol. The molecular weight excluding hydrogens is 457 g/mol. The Labute approximate surface area is 153 Å². The number of benzene rings is 2. The maximum atomic E-state index is 3.62. The fourth-order valence-corrected chi connectivity index (χ4v) is 4.12. The maximum absolute atomic E-state index is 3.62. The minimum absolute atomic E-state index is 0.493. The van der Waals surface area contributed by atoms with E-state index in [0.717, 1.165) is 18.7 Å². The van der Waals surface area contributed by atoms with Gasteiger partial charge in [-0.05, 0) is 81.3 Å². The van der Waals surface area contributed by atoms with Crippen molar-refractivity contribution in [3.8, 4) is 0 Å². The van der Waals surface area contributed by atoms with Gasteiger partial charge in [0.25, 0.3) is 0 Å².